The third-order valence-corrected chi connectivity index (χ3v) is 7.10. The van der Waals surface area contributed by atoms with Gasteiger partial charge in [-0.15, -0.1) is 11.3 Å². The molecule has 32 heavy (non-hydrogen) atoms. The molecule has 1 saturated carbocycles. The summed E-state index contributed by atoms with van der Waals surface area (Å²) >= 11 is 1.74. The Bertz CT molecular complexity index is 1200. The Morgan fingerprint density at radius 1 is 1.22 bits per heavy atom. The van der Waals surface area contributed by atoms with Crippen molar-refractivity contribution in [2.24, 2.45) is 0 Å². The molecule has 1 aliphatic carbocycles. The van der Waals surface area contributed by atoms with Crippen LogP contribution in [0, 0.1) is 13.8 Å². The van der Waals surface area contributed by atoms with E-state index in [0.29, 0.717) is 24.5 Å². The van der Waals surface area contributed by atoms with E-state index < -0.39 is 6.04 Å². The number of carbonyl (C=O) groups excluding carboxylic acids is 2. The zero-order valence-corrected chi connectivity index (χ0v) is 19.2. The quantitative estimate of drug-likeness (QED) is 0.550. The van der Waals surface area contributed by atoms with Gasteiger partial charge in [0.25, 0.3) is 11.9 Å². The molecule has 0 N–H and O–H groups in total. The van der Waals surface area contributed by atoms with E-state index in [1.165, 1.54) is 16.9 Å². The summed E-state index contributed by atoms with van der Waals surface area (Å²) in [4.78, 5) is 38.9. The van der Waals surface area contributed by atoms with Gasteiger partial charge < -0.3 is 9.64 Å². The fourth-order valence-corrected chi connectivity index (χ4v) is 5.40. The predicted molar refractivity (Wildman–Crippen MR) is 120 cm³/mol. The Morgan fingerprint density at radius 2 is 2.03 bits per heavy atom. The molecule has 1 aliphatic heterocycles. The van der Waals surface area contributed by atoms with Gasteiger partial charge in [0.2, 0.25) is 0 Å². The summed E-state index contributed by atoms with van der Waals surface area (Å²) < 4.78 is 6.61. The summed E-state index contributed by atoms with van der Waals surface area (Å²) in [5.74, 6) is 0.158. The number of aryl methyl sites for hydroxylation is 2. The first-order chi connectivity index (χ1) is 15.5. The summed E-state index contributed by atoms with van der Waals surface area (Å²) in [6, 6.07) is 3.49. The fraction of sp³-hybridized carbons (Fsp3) is 0.435. The van der Waals surface area contributed by atoms with E-state index in [1.807, 2.05) is 6.07 Å². The number of thiophene rings is 1. The minimum absolute atomic E-state index is 0.175. The van der Waals surface area contributed by atoms with Gasteiger partial charge in [0, 0.05) is 34.0 Å². The largest absolute Gasteiger partial charge is 0.467 e. The number of hydrogen-bond donors (Lipinski definition) is 0. The number of nitrogens with zero attached hydrogens (tertiary/aromatic N) is 5. The monoisotopic (exact) mass is 451 g/mol. The number of hydrogen-bond acceptors (Lipinski definition) is 7. The molecule has 0 bridgehead atoms. The van der Waals surface area contributed by atoms with Gasteiger partial charge in [0.05, 0.1) is 30.3 Å². The number of ether oxygens (including phenoxy) is 1. The molecule has 4 heterocycles. The third-order valence-electron chi connectivity index (χ3n) is 6.14. The van der Waals surface area contributed by atoms with Crippen LogP contribution in [0.5, 0.6) is 0 Å². The lowest BCUT2D eigenvalue weighted by molar-refractivity contribution is -0.145. The van der Waals surface area contributed by atoms with E-state index in [-0.39, 0.29) is 17.8 Å². The molecule has 1 atom stereocenters. The Kier molecular flexibility index (Phi) is 5.28. The highest BCUT2D eigenvalue weighted by atomic mass is 32.1. The molecule has 166 valence electrons. The zero-order valence-electron chi connectivity index (χ0n) is 18.4. The molecule has 0 aromatic carbocycles. The first-order valence-corrected chi connectivity index (χ1v) is 11.7. The number of amides is 1. The molecule has 3 aromatic rings. The van der Waals surface area contributed by atoms with Crippen molar-refractivity contribution in [2.75, 3.05) is 13.7 Å². The molecule has 1 amide bonds. The van der Waals surface area contributed by atoms with Gasteiger partial charge in [-0.1, -0.05) is 0 Å². The van der Waals surface area contributed by atoms with Gasteiger partial charge >= 0.3 is 5.97 Å². The predicted octanol–water partition coefficient (Wildman–Crippen LogP) is 3.66. The molecule has 3 aromatic heterocycles. The fourth-order valence-electron chi connectivity index (χ4n) is 4.46. The van der Waals surface area contributed by atoms with Crippen LogP contribution in [-0.2, 0) is 9.53 Å². The Balaban J connectivity index is 1.52. The van der Waals surface area contributed by atoms with Crippen molar-refractivity contribution in [3.05, 3.63) is 45.5 Å². The summed E-state index contributed by atoms with van der Waals surface area (Å²) in [5, 5.41) is 4.52. The average Bonchev–Trinajstić information content (AvgIpc) is 3.21. The van der Waals surface area contributed by atoms with E-state index >= 15 is 0 Å². The molecule has 0 spiro atoms. The van der Waals surface area contributed by atoms with E-state index in [0.717, 1.165) is 36.2 Å². The lowest BCUT2D eigenvalue weighted by Gasteiger charge is -2.22. The van der Waals surface area contributed by atoms with Crippen LogP contribution in [-0.4, -0.2) is 56.2 Å². The maximum atomic E-state index is 13.4. The van der Waals surface area contributed by atoms with Gasteiger partial charge in [-0.3, -0.25) is 4.79 Å². The molecular weight excluding hydrogens is 426 g/mol. The highest BCUT2D eigenvalue weighted by Crippen LogP contribution is 2.43. The molecule has 2 fully saturated rings. The Morgan fingerprint density at radius 3 is 2.72 bits per heavy atom. The zero-order chi connectivity index (χ0) is 22.4. The second-order valence-corrected chi connectivity index (χ2v) is 9.84. The highest BCUT2D eigenvalue weighted by Gasteiger charge is 2.40. The van der Waals surface area contributed by atoms with Crippen LogP contribution in [0.3, 0.4) is 0 Å². The first kappa shape index (κ1) is 20.8. The maximum Gasteiger partial charge on any atom is 0.328 e. The molecule has 5 rings (SSSR count). The standard InChI is InChI=1S/C23H25N5O3S/c1-13-11-16(14(2)32-13)18-8-9-24-23(26-18)28-20(15-6-7-15)17(12-25-28)21(29)27-10-4-5-19(27)22(30)31-3/h8-9,11-12,15,19H,4-7,10H2,1-3H3/t19-/m0/s1. The van der Waals surface area contributed by atoms with Crippen molar-refractivity contribution in [1.29, 1.82) is 0 Å². The van der Waals surface area contributed by atoms with Gasteiger partial charge in [-0.25, -0.2) is 19.4 Å². The van der Waals surface area contributed by atoms with Crippen LogP contribution in [0.4, 0.5) is 0 Å². The van der Waals surface area contributed by atoms with Crippen LogP contribution in [0.1, 0.15) is 57.4 Å². The highest BCUT2D eigenvalue weighted by molar-refractivity contribution is 7.12. The number of methoxy groups -OCH3 is 1. The number of carbonyl (C=O) groups is 2. The molecule has 2 aliphatic rings. The number of aromatic nitrogens is 4. The van der Waals surface area contributed by atoms with Crippen LogP contribution < -0.4 is 0 Å². The number of rotatable bonds is 5. The van der Waals surface area contributed by atoms with E-state index in [2.05, 4.69) is 30.0 Å². The van der Waals surface area contributed by atoms with Crippen molar-refractivity contribution >= 4 is 23.2 Å². The number of esters is 1. The van der Waals surface area contributed by atoms with Gasteiger partial charge in [-0.2, -0.15) is 5.10 Å². The van der Waals surface area contributed by atoms with Crippen LogP contribution in [0.25, 0.3) is 17.2 Å². The molecule has 0 radical (unpaired) electrons. The summed E-state index contributed by atoms with van der Waals surface area (Å²) in [6.07, 6.45) is 6.72. The van der Waals surface area contributed by atoms with Gasteiger partial charge in [0.15, 0.2) is 0 Å². The normalized spacial score (nSPS) is 18.2. The summed E-state index contributed by atoms with van der Waals surface area (Å²) in [7, 11) is 1.36. The molecule has 9 heteroatoms. The van der Waals surface area contributed by atoms with Gasteiger partial charge in [0.1, 0.15) is 6.04 Å². The van der Waals surface area contributed by atoms with Gasteiger partial charge in [-0.05, 0) is 51.7 Å². The summed E-state index contributed by atoms with van der Waals surface area (Å²) in [6.45, 7) is 4.71. The molecule has 1 saturated heterocycles. The Hall–Kier alpha value is -3.07. The lowest BCUT2D eigenvalue weighted by Crippen LogP contribution is -2.41. The average molecular weight is 452 g/mol. The first-order valence-electron chi connectivity index (χ1n) is 10.9. The SMILES string of the molecule is COC(=O)[C@@H]1CCCN1C(=O)c1cnn(-c2nccc(-c3cc(C)sc3C)n2)c1C1CC1. The maximum absolute atomic E-state index is 13.4. The minimum Gasteiger partial charge on any atom is -0.467 e. The summed E-state index contributed by atoms with van der Waals surface area (Å²) in [5.41, 5.74) is 3.29. The van der Waals surface area contributed by atoms with E-state index in [9.17, 15) is 9.59 Å². The molecule has 0 unspecified atom stereocenters. The van der Waals surface area contributed by atoms with Crippen LogP contribution >= 0.6 is 11.3 Å². The van der Waals surface area contributed by atoms with Crippen LogP contribution in [0.15, 0.2) is 24.5 Å². The third kappa shape index (κ3) is 3.60. The van der Waals surface area contributed by atoms with Crippen molar-refractivity contribution in [3.8, 4) is 17.2 Å². The second kappa shape index (κ2) is 8.12. The minimum atomic E-state index is -0.535. The van der Waals surface area contributed by atoms with E-state index in [4.69, 9.17) is 9.72 Å². The van der Waals surface area contributed by atoms with Crippen molar-refractivity contribution in [3.63, 3.8) is 0 Å². The van der Waals surface area contributed by atoms with Crippen molar-refractivity contribution in [1.82, 2.24) is 24.6 Å². The van der Waals surface area contributed by atoms with E-state index in [1.54, 1.807) is 33.3 Å². The lowest BCUT2D eigenvalue weighted by atomic mass is 10.1. The second-order valence-electron chi connectivity index (χ2n) is 8.38. The smallest absolute Gasteiger partial charge is 0.328 e. The number of likely N-dealkylation sites (tertiary alicyclic amines) is 1. The van der Waals surface area contributed by atoms with Crippen LogP contribution in [0.2, 0.25) is 0 Å². The topological polar surface area (TPSA) is 90.2 Å². The molecular formula is C23H25N5O3S. The Labute approximate surface area is 190 Å². The van der Waals surface area contributed by atoms with Crippen molar-refractivity contribution < 1.29 is 14.3 Å². The van der Waals surface area contributed by atoms with Crippen molar-refractivity contribution in [2.45, 2.75) is 51.5 Å². The molecule has 8 nitrogen and oxygen atoms in total.